The van der Waals surface area contributed by atoms with E-state index in [-0.39, 0.29) is 20.1 Å². The fourth-order valence-corrected chi connectivity index (χ4v) is 6.76. The van der Waals surface area contributed by atoms with E-state index in [0.717, 1.165) is 0 Å². The molecule has 0 amide bonds. The first-order valence-corrected chi connectivity index (χ1v) is 10.5. The molecule has 0 spiro atoms. The molecule has 3 aromatic carbocycles. The van der Waals surface area contributed by atoms with Gasteiger partial charge in [-0.05, 0) is 24.3 Å². The first-order chi connectivity index (χ1) is 13.7. The maximum absolute atomic E-state index is 14.6. The van der Waals surface area contributed by atoms with Gasteiger partial charge in [-0.2, -0.15) is 0 Å². The van der Waals surface area contributed by atoms with Gasteiger partial charge in [-0.15, -0.1) is 5.56 Å². The maximum atomic E-state index is 14.6. The minimum Gasteiger partial charge on any atom is -0.475 e. The van der Waals surface area contributed by atoms with Crippen LogP contribution in [0.5, 0.6) is 23.0 Å². The van der Waals surface area contributed by atoms with Crippen LogP contribution in [0.1, 0.15) is 0 Å². The number of fused-ring (bicyclic) bond motifs is 4. The minimum atomic E-state index is -3.14. The summed E-state index contributed by atoms with van der Waals surface area (Å²) in [6, 6.07) is 19.9. The van der Waals surface area contributed by atoms with Gasteiger partial charge in [-0.3, -0.25) is 4.98 Å². The molecule has 29 heavy (non-hydrogen) atoms. The molecule has 5 nitrogen and oxygen atoms in total. The molecule has 0 bridgehead atoms. The molecule has 2 aliphatic heterocycles. The van der Waals surface area contributed by atoms with Crippen LogP contribution in [-0.4, -0.2) is 9.97 Å². The van der Waals surface area contributed by atoms with Gasteiger partial charge in [0.15, 0.2) is 0 Å². The van der Waals surface area contributed by atoms with Crippen LogP contribution < -0.4 is 25.4 Å². The number of hydrogen-bond donors (Lipinski definition) is 0. The predicted molar refractivity (Wildman–Crippen MR) is 106 cm³/mol. The summed E-state index contributed by atoms with van der Waals surface area (Å²) in [7, 11) is -3.14. The van der Waals surface area contributed by atoms with E-state index in [9.17, 15) is 4.57 Å². The van der Waals surface area contributed by atoms with Gasteiger partial charge in [0.05, 0.1) is 22.1 Å². The number of ether oxygens (including phenoxy) is 2. The maximum Gasteiger partial charge on any atom is 0.149 e. The molecule has 3 heterocycles. The van der Waals surface area contributed by atoms with Crippen molar-refractivity contribution in [1.82, 2.24) is 9.97 Å². The third kappa shape index (κ3) is 2.54. The van der Waals surface area contributed by atoms with Crippen molar-refractivity contribution in [3.05, 3.63) is 79.3 Å². The molecular weight excluding hydrogens is 563 g/mol. The summed E-state index contributed by atoms with van der Waals surface area (Å²) in [5.41, 5.74) is 1.31. The smallest absolute Gasteiger partial charge is 0.149 e. The third-order valence-electron chi connectivity index (χ3n) is 4.97. The molecule has 0 N–H and O–H groups in total. The average molecular weight is 576 g/mol. The molecule has 143 valence electrons. The molecule has 1 atom stereocenters. The first kappa shape index (κ1) is 18.3. The monoisotopic (exact) mass is 576 g/mol. The molecule has 7 heteroatoms. The molecule has 6 rings (SSSR count). The van der Waals surface area contributed by atoms with E-state index in [0.29, 0.717) is 50.2 Å². The normalized spacial score (nSPS) is 17.5. The number of rotatable bonds is 1. The molecular formula is C22H12IrN2O3P-. The third-order valence-corrected chi connectivity index (χ3v) is 8.12. The standard InChI is InChI=1S/C22H12N2O3P.Ir/c25-28-20-7-3-1-5-16(20)26-18-11-14(15-13-23-9-10-24-15)12-19(22(18)28)27-17-6-2-4-8-21(17)28;/h1-11,13H;/q-1;. The van der Waals surface area contributed by atoms with E-state index in [1.165, 1.54) is 0 Å². The van der Waals surface area contributed by atoms with Crippen molar-refractivity contribution in [3.63, 3.8) is 0 Å². The number of nitrogens with zero attached hydrogens (tertiary/aromatic N) is 2. The Kier molecular flexibility index (Phi) is 4.18. The van der Waals surface area contributed by atoms with Crippen LogP contribution in [0.4, 0.5) is 0 Å². The van der Waals surface area contributed by atoms with Crippen LogP contribution >= 0.6 is 7.14 Å². The Morgan fingerprint density at radius 1 is 0.862 bits per heavy atom. The fraction of sp³-hybridized carbons (Fsp3) is 0. The number of aromatic nitrogens is 2. The number of hydrogen-bond acceptors (Lipinski definition) is 5. The second kappa shape index (κ2) is 6.63. The zero-order chi connectivity index (χ0) is 18.7. The van der Waals surface area contributed by atoms with Crippen molar-refractivity contribution in [2.24, 2.45) is 0 Å². The molecule has 1 aromatic heterocycles. The van der Waals surface area contributed by atoms with Crippen molar-refractivity contribution < 1.29 is 34.1 Å². The topological polar surface area (TPSA) is 61.3 Å². The molecule has 4 aromatic rings. The molecule has 0 aliphatic carbocycles. The SMILES string of the molecule is O=P12c3ccccc3Oc3[c-]c(-c4cnccn4)cc(c31)Oc1ccccc12.[Ir]. The Morgan fingerprint density at radius 3 is 2.24 bits per heavy atom. The quantitative estimate of drug-likeness (QED) is 0.221. The van der Waals surface area contributed by atoms with Gasteiger partial charge in [0.25, 0.3) is 0 Å². The zero-order valence-electron chi connectivity index (χ0n) is 14.8. The van der Waals surface area contributed by atoms with Gasteiger partial charge in [0, 0.05) is 49.7 Å². The Labute approximate surface area is 180 Å². The molecule has 1 unspecified atom stereocenters. The average Bonchev–Trinajstić information content (AvgIpc) is 2.74. The molecule has 1 radical (unpaired) electrons. The van der Waals surface area contributed by atoms with Crippen molar-refractivity contribution in [2.75, 3.05) is 0 Å². The minimum absolute atomic E-state index is 0. The summed E-state index contributed by atoms with van der Waals surface area (Å²) >= 11 is 0. The Bertz CT molecular complexity index is 1240. The van der Waals surface area contributed by atoms with Gasteiger partial charge in [-0.1, -0.05) is 36.4 Å². The van der Waals surface area contributed by atoms with Gasteiger partial charge < -0.3 is 19.0 Å². The largest absolute Gasteiger partial charge is 0.475 e. The molecule has 0 saturated carbocycles. The first-order valence-electron chi connectivity index (χ1n) is 8.77. The second-order valence-electron chi connectivity index (χ2n) is 6.56. The van der Waals surface area contributed by atoms with E-state index in [1.807, 2.05) is 54.6 Å². The Hall–Kier alpha value is -2.78. The van der Waals surface area contributed by atoms with E-state index < -0.39 is 7.14 Å². The van der Waals surface area contributed by atoms with Crippen LogP contribution in [0, 0.1) is 6.07 Å². The predicted octanol–water partition coefficient (Wildman–Crippen LogP) is 3.79. The zero-order valence-corrected chi connectivity index (χ0v) is 18.1. The van der Waals surface area contributed by atoms with Crippen LogP contribution in [0.2, 0.25) is 0 Å². The second-order valence-corrected chi connectivity index (χ2v) is 9.19. The Balaban J connectivity index is 0.00000181. The summed E-state index contributed by atoms with van der Waals surface area (Å²) in [5.74, 6) is 2.09. The molecule has 2 aliphatic rings. The summed E-state index contributed by atoms with van der Waals surface area (Å²) in [6.45, 7) is 0. The van der Waals surface area contributed by atoms with Gasteiger partial charge in [0.2, 0.25) is 0 Å². The number of para-hydroxylation sites is 2. The van der Waals surface area contributed by atoms with Crippen LogP contribution in [-0.2, 0) is 24.7 Å². The van der Waals surface area contributed by atoms with Crippen LogP contribution in [0.25, 0.3) is 11.3 Å². The van der Waals surface area contributed by atoms with E-state index in [4.69, 9.17) is 9.47 Å². The van der Waals surface area contributed by atoms with Crippen LogP contribution in [0.15, 0.2) is 73.2 Å². The summed E-state index contributed by atoms with van der Waals surface area (Å²) in [5, 5.41) is 1.91. The summed E-state index contributed by atoms with van der Waals surface area (Å²) in [6.07, 6.45) is 4.88. The van der Waals surface area contributed by atoms with Gasteiger partial charge >= 0.3 is 0 Å². The van der Waals surface area contributed by atoms with Crippen molar-refractivity contribution in [2.45, 2.75) is 0 Å². The van der Waals surface area contributed by atoms with Gasteiger partial charge in [0.1, 0.15) is 18.6 Å². The summed E-state index contributed by atoms with van der Waals surface area (Å²) in [4.78, 5) is 8.47. The summed E-state index contributed by atoms with van der Waals surface area (Å²) < 4.78 is 26.8. The molecule has 0 fully saturated rings. The van der Waals surface area contributed by atoms with Crippen molar-refractivity contribution in [3.8, 4) is 34.3 Å². The van der Waals surface area contributed by atoms with E-state index >= 15 is 0 Å². The number of benzene rings is 3. The van der Waals surface area contributed by atoms with Crippen molar-refractivity contribution >= 4 is 23.1 Å². The van der Waals surface area contributed by atoms with Crippen molar-refractivity contribution in [1.29, 1.82) is 0 Å². The van der Waals surface area contributed by atoms with Crippen LogP contribution in [0.3, 0.4) is 0 Å². The van der Waals surface area contributed by atoms with Gasteiger partial charge in [-0.25, -0.2) is 0 Å². The van der Waals surface area contributed by atoms with E-state index in [1.54, 1.807) is 18.6 Å². The molecule has 0 saturated heterocycles. The fourth-order valence-electron chi connectivity index (χ4n) is 3.76. The Morgan fingerprint density at radius 2 is 1.55 bits per heavy atom. The van der Waals surface area contributed by atoms with E-state index in [2.05, 4.69) is 16.0 Å².